The van der Waals surface area contributed by atoms with Crippen molar-refractivity contribution in [1.82, 2.24) is 9.80 Å². The minimum atomic E-state index is -4.97. The molecule has 16 heteroatoms. The van der Waals surface area contributed by atoms with Crippen LogP contribution in [0.25, 0.3) is 0 Å². The van der Waals surface area contributed by atoms with Gasteiger partial charge in [0.25, 0.3) is 5.91 Å². The highest BCUT2D eigenvalue weighted by Gasteiger charge is 2.41. The van der Waals surface area contributed by atoms with Crippen LogP contribution < -0.4 is 4.74 Å². The zero-order valence-electron chi connectivity index (χ0n) is 29.8. The number of ether oxygens (including phenoxy) is 4. The van der Waals surface area contributed by atoms with Crippen LogP contribution in [0.15, 0.2) is 24.3 Å². The zero-order chi connectivity index (χ0) is 38.3. The van der Waals surface area contributed by atoms with Gasteiger partial charge < -0.3 is 29.0 Å². The Morgan fingerprint density at radius 1 is 0.776 bits per heavy atom. The van der Waals surface area contributed by atoms with Gasteiger partial charge in [-0.3, -0.25) is 9.69 Å². The van der Waals surface area contributed by atoms with Crippen molar-refractivity contribution in [2.24, 2.45) is 5.41 Å². The van der Waals surface area contributed by atoms with Crippen molar-refractivity contribution >= 4 is 29.9 Å². The molecule has 0 saturated carbocycles. The molecule has 4 atom stereocenters. The molecular formula is C33H48F4N2O10. The highest BCUT2D eigenvalue weighted by molar-refractivity contribution is 5.90. The third-order valence-electron chi connectivity index (χ3n) is 6.75. The molecule has 0 aliphatic heterocycles. The Morgan fingerprint density at radius 3 is 1.69 bits per heavy atom. The molecule has 1 aromatic rings. The summed E-state index contributed by atoms with van der Waals surface area (Å²) in [6.45, 7) is 13.5. The summed E-state index contributed by atoms with van der Waals surface area (Å²) >= 11 is 0. The SMILES string of the molecule is C[C@@H](OC(=O)[C@H](CC(C)(C)C)N(C)C(=O)[C@@H](Cc1ccc(OC(F)(F)F)cc1)OC(=O)[C@H](CC(C)(C)F)N(C)C(=O)OC(C)(C)C)C(=O)O. The first-order chi connectivity index (χ1) is 22.0. The van der Waals surface area contributed by atoms with E-state index in [-0.39, 0.29) is 12.0 Å². The van der Waals surface area contributed by atoms with E-state index in [4.69, 9.17) is 14.2 Å². The van der Waals surface area contributed by atoms with Gasteiger partial charge in [-0.1, -0.05) is 32.9 Å². The maximum atomic E-state index is 15.0. The van der Waals surface area contributed by atoms with E-state index in [0.29, 0.717) is 0 Å². The molecule has 0 aliphatic carbocycles. The van der Waals surface area contributed by atoms with Gasteiger partial charge in [0.05, 0.1) is 0 Å². The highest BCUT2D eigenvalue weighted by atomic mass is 19.4. The average Bonchev–Trinajstić information content (AvgIpc) is 2.91. The van der Waals surface area contributed by atoms with Crippen molar-refractivity contribution in [2.75, 3.05) is 14.1 Å². The van der Waals surface area contributed by atoms with Gasteiger partial charge in [0.2, 0.25) is 0 Å². The Kier molecular flexibility index (Phi) is 14.5. The van der Waals surface area contributed by atoms with E-state index in [9.17, 15) is 46.6 Å². The first-order valence-electron chi connectivity index (χ1n) is 15.4. The van der Waals surface area contributed by atoms with E-state index in [2.05, 4.69) is 4.74 Å². The van der Waals surface area contributed by atoms with Gasteiger partial charge in [-0.25, -0.2) is 23.6 Å². The molecule has 278 valence electrons. The number of esters is 2. The van der Waals surface area contributed by atoms with E-state index in [1.54, 1.807) is 41.5 Å². The number of rotatable bonds is 14. The summed E-state index contributed by atoms with van der Waals surface area (Å²) in [5, 5.41) is 9.25. The van der Waals surface area contributed by atoms with Gasteiger partial charge in [-0.2, -0.15) is 0 Å². The number of carbonyl (C=O) groups is 5. The lowest BCUT2D eigenvalue weighted by atomic mass is 9.87. The predicted octanol–water partition coefficient (Wildman–Crippen LogP) is 5.69. The summed E-state index contributed by atoms with van der Waals surface area (Å²) in [7, 11) is 2.40. The van der Waals surface area contributed by atoms with Crippen LogP contribution in [0.4, 0.5) is 22.4 Å². The van der Waals surface area contributed by atoms with Gasteiger partial charge >= 0.3 is 30.4 Å². The largest absolute Gasteiger partial charge is 0.573 e. The Bertz CT molecular complexity index is 1310. The fraction of sp³-hybridized carbons (Fsp3) is 0.667. The molecule has 49 heavy (non-hydrogen) atoms. The smallest absolute Gasteiger partial charge is 0.479 e. The lowest BCUT2D eigenvalue weighted by Gasteiger charge is -2.35. The number of halogens is 4. The van der Waals surface area contributed by atoms with E-state index in [1.807, 2.05) is 0 Å². The molecular weight excluding hydrogens is 660 g/mol. The van der Waals surface area contributed by atoms with Crippen LogP contribution in [0.2, 0.25) is 0 Å². The van der Waals surface area contributed by atoms with E-state index in [1.165, 1.54) is 26.2 Å². The number of likely N-dealkylation sites (N-methyl/N-ethyl adjacent to an activating group) is 2. The second-order valence-corrected chi connectivity index (χ2v) is 14.5. The maximum Gasteiger partial charge on any atom is 0.573 e. The summed E-state index contributed by atoms with van der Waals surface area (Å²) < 4.78 is 73.0. The fourth-order valence-corrected chi connectivity index (χ4v) is 4.38. The normalized spacial score (nSPS) is 14.8. The molecule has 12 nitrogen and oxygen atoms in total. The topological polar surface area (TPSA) is 149 Å². The average molecular weight is 709 g/mol. The van der Waals surface area contributed by atoms with Crippen LogP contribution in [0.3, 0.4) is 0 Å². The first kappa shape index (κ1) is 42.9. The molecule has 0 heterocycles. The minimum absolute atomic E-state index is 0.0232. The second-order valence-electron chi connectivity index (χ2n) is 14.5. The van der Waals surface area contributed by atoms with Crippen LogP contribution in [0, 0.1) is 5.41 Å². The first-order valence-corrected chi connectivity index (χ1v) is 15.4. The third-order valence-corrected chi connectivity index (χ3v) is 6.75. The Balaban J connectivity index is 3.63. The predicted molar refractivity (Wildman–Crippen MR) is 168 cm³/mol. The number of carboxylic acids is 1. The van der Waals surface area contributed by atoms with Gasteiger partial charge in [-0.05, 0) is 71.1 Å². The Labute approximate surface area is 284 Å². The summed E-state index contributed by atoms with van der Waals surface area (Å²) in [6, 6.07) is 1.37. The van der Waals surface area contributed by atoms with Crippen LogP contribution in [0.5, 0.6) is 5.75 Å². The number of nitrogens with zero attached hydrogens (tertiary/aromatic N) is 2. The van der Waals surface area contributed by atoms with Crippen LogP contribution >= 0.6 is 0 Å². The van der Waals surface area contributed by atoms with Gasteiger partial charge in [0.1, 0.15) is 29.1 Å². The summed E-state index contributed by atoms with van der Waals surface area (Å²) in [4.78, 5) is 67.0. The molecule has 1 N–H and O–H groups in total. The quantitative estimate of drug-likeness (QED) is 0.145. The molecule has 1 rings (SSSR count). The molecule has 0 unspecified atom stereocenters. The lowest BCUT2D eigenvalue weighted by molar-refractivity contribution is -0.274. The molecule has 0 radical (unpaired) electrons. The van der Waals surface area contributed by atoms with E-state index in [0.717, 1.165) is 42.7 Å². The molecule has 0 saturated heterocycles. The van der Waals surface area contributed by atoms with Crippen molar-refractivity contribution in [3.8, 4) is 5.75 Å². The number of aliphatic carboxylic acids is 1. The van der Waals surface area contributed by atoms with E-state index < -0.39 is 95.8 Å². The lowest BCUT2D eigenvalue weighted by Crippen LogP contribution is -2.53. The van der Waals surface area contributed by atoms with Crippen molar-refractivity contribution in [1.29, 1.82) is 0 Å². The number of hydrogen-bond acceptors (Lipinski definition) is 9. The van der Waals surface area contributed by atoms with Gasteiger partial charge in [-0.15, -0.1) is 13.2 Å². The van der Waals surface area contributed by atoms with Gasteiger partial charge in [0, 0.05) is 26.9 Å². The van der Waals surface area contributed by atoms with Crippen molar-refractivity contribution < 1.29 is 65.6 Å². The summed E-state index contributed by atoms with van der Waals surface area (Å²) in [5.41, 5.74) is -3.42. The molecule has 2 amide bonds. The third kappa shape index (κ3) is 15.8. The van der Waals surface area contributed by atoms with Crippen molar-refractivity contribution in [3.05, 3.63) is 29.8 Å². The number of carboxylic acid groups (broad SMARTS) is 1. The fourth-order valence-electron chi connectivity index (χ4n) is 4.38. The monoisotopic (exact) mass is 708 g/mol. The second kappa shape index (κ2) is 16.5. The molecule has 0 bridgehead atoms. The highest BCUT2D eigenvalue weighted by Crippen LogP contribution is 2.28. The number of benzene rings is 1. The van der Waals surface area contributed by atoms with Crippen LogP contribution in [0.1, 0.15) is 80.7 Å². The molecule has 1 aromatic carbocycles. The van der Waals surface area contributed by atoms with Crippen molar-refractivity contribution in [3.63, 3.8) is 0 Å². The van der Waals surface area contributed by atoms with E-state index >= 15 is 0 Å². The van der Waals surface area contributed by atoms with Crippen LogP contribution in [-0.2, 0) is 39.8 Å². The number of carbonyl (C=O) groups excluding carboxylic acids is 4. The molecule has 0 aromatic heterocycles. The Morgan fingerprint density at radius 2 is 1.27 bits per heavy atom. The summed E-state index contributed by atoms with van der Waals surface area (Å²) in [5.74, 6) is -5.23. The molecule has 0 spiro atoms. The van der Waals surface area contributed by atoms with Crippen molar-refractivity contribution in [2.45, 2.75) is 123 Å². The number of alkyl halides is 4. The number of amides is 2. The zero-order valence-corrected chi connectivity index (χ0v) is 29.8. The van der Waals surface area contributed by atoms with Crippen LogP contribution in [-0.4, -0.2) is 101 Å². The summed E-state index contributed by atoms with van der Waals surface area (Å²) in [6.07, 6.45) is -10.3. The van der Waals surface area contributed by atoms with Gasteiger partial charge in [0.15, 0.2) is 12.2 Å². The molecule has 0 fully saturated rings. The number of hydrogen-bond donors (Lipinski definition) is 1. The Hall–Kier alpha value is -4.11. The minimum Gasteiger partial charge on any atom is -0.479 e. The maximum absolute atomic E-state index is 15.0. The molecule has 0 aliphatic rings. The standard InChI is InChI=1S/C33H48F4N2O10/c1-19(26(41)42)46-27(43)22(17-30(2,3)4)38(10)25(40)24(16-20-12-14-21(15-13-20)48-33(35,36)37)47-28(44)23(18-32(8,9)34)39(11)29(45)49-31(5,6)7/h12-15,19,22-24H,16-18H2,1-11H3,(H,41,42)/t19-,22+,23+,24-/m1/s1.